The molecule has 1 aromatic rings. The first-order valence-corrected chi connectivity index (χ1v) is 8.45. The zero-order chi connectivity index (χ0) is 15.5. The number of likely N-dealkylation sites (N-methyl/N-ethyl adjacent to an activating group) is 1. The van der Waals surface area contributed by atoms with Crippen molar-refractivity contribution in [3.05, 3.63) is 34.9 Å². The van der Waals surface area contributed by atoms with Gasteiger partial charge in [0.15, 0.2) is 0 Å². The SMILES string of the molecule is Cc1cccc(C)c1CC(N)C1(N(C)C)CCCCCC1. The molecule has 1 atom stereocenters. The molecule has 1 aliphatic carbocycles. The van der Waals surface area contributed by atoms with E-state index in [0.717, 1.165) is 6.42 Å². The fourth-order valence-corrected chi connectivity index (χ4v) is 4.07. The Morgan fingerprint density at radius 1 is 1.05 bits per heavy atom. The summed E-state index contributed by atoms with van der Waals surface area (Å²) in [6, 6.07) is 6.78. The Morgan fingerprint density at radius 2 is 1.57 bits per heavy atom. The van der Waals surface area contributed by atoms with Gasteiger partial charge in [0.25, 0.3) is 0 Å². The summed E-state index contributed by atoms with van der Waals surface area (Å²) in [5.74, 6) is 0. The van der Waals surface area contributed by atoms with Gasteiger partial charge in [0.2, 0.25) is 0 Å². The second-order valence-electron chi connectivity index (χ2n) is 7.09. The highest BCUT2D eigenvalue weighted by molar-refractivity contribution is 5.34. The fourth-order valence-electron chi connectivity index (χ4n) is 4.07. The van der Waals surface area contributed by atoms with Gasteiger partial charge in [-0.2, -0.15) is 0 Å². The number of nitrogens with two attached hydrogens (primary N) is 1. The van der Waals surface area contributed by atoms with E-state index in [9.17, 15) is 0 Å². The van der Waals surface area contributed by atoms with Gasteiger partial charge in [-0.1, -0.05) is 43.9 Å². The molecule has 0 saturated heterocycles. The summed E-state index contributed by atoms with van der Waals surface area (Å²) in [7, 11) is 4.44. The van der Waals surface area contributed by atoms with Crippen LogP contribution in [-0.2, 0) is 6.42 Å². The molecule has 2 heteroatoms. The van der Waals surface area contributed by atoms with E-state index in [1.165, 1.54) is 55.2 Å². The molecule has 2 rings (SSSR count). The van der Waals surface area contributed by atoms with Crippen molar-refractivity contribution in [1.29, 1.82) is 0 Å². The van der Waals surface area contributed by atoms with Crippen molar-refractivity contribution >= 4 is 0 Å². The van der Waals surface area contributed by atoms with Crippen LogP contribution in [0.4, 0.5) is 0 Å². The highest BCUT2D eigenvalue weighted by atomic mass is 15.2. The van der Waals surface area contributed by atoms with Crippen molar-refractivity contribution in [3.63, 3.8) is 0 Å². The Hall–Kier alpha value is -0.860. The molecule has 0 amide bonds. The van der Waals surface area contributed by atoms with Crippen LogP contribution in [0.1, 0.15) is 55.2 Å². The molecule has 0 radical (unpaired) electrons. The second-order valence-corrected chi connectivity index (χ2v) is 7.09. The lowest BCUT2D eigenvalue weighted by molar-refractivity contribution is 0.0967. The van der Waals surface area contributed by atoms with Crippen LogP contribution in [0.25, 0.3) is 0 Å². The smallest absolute Gasteiger partial charge is 0.0357 e. The number of nitrogens with zero attached hydrogens (tertiary/aromatic N) is 1. The molecule has 2 nitrogen and oxygen atoms in total. The van der Waals surface area contributed by atoms with Crippen LogP contribution >= 0.6 is 0 Å². The number of aryl methyl sites for hydroxylation is 2. The van der Waals surface area contributed by atoms with Crippen molar-refractivity contribution in [2.45, 2.75) is 70.4 Å². The van der Waals surface area contributed by atoms with Crippen LogP contribution in [-0.4, -0.2) is 30.6 Å². The quantitative estimate of drug-likeness (QED) is 0.853. The predicted octanol–water partition coefficient (Wildman–Crippen LogP) is 3.83. The minimum atomic E-state index is 0.172. The average molecular weight is 288 g/mol. The standard InChI is InChI=1S/C19H32N2/c1-15-10-9-11-16(2)17(15)14-18(20)19(21(3)4)12-7-5-6-8-13-19/h9-11,18H,5-8,12-14,20H2,1-4H3. The van der Waals surface area contributed by atoms with Crippen molar-refractivity contribution in [3.8, 4) is 0 Å². The summed E-state index contributed by atoms with van der Waals surface area (Å²) in [5, 5.41) is 0. The van der Waals surface area contributed by atoms with Crippen LogP contribution in [0.2, 0.25) is 0 Å². The Kier molecular flexibility index (Phi) is 5.45. The monoisotopic (exact) mass is 288 g/mol. The predicted molar refractivity (Wildman–Crippen MR) is 91.7 cm³/mol. The summed E-state index contributed by atoms with van der Waals surface area (Å²) < 4.78 is 0. The van der Waals surface area contributed by atoms with Gasteiger partial charge in [0.1, 0.15) is 0 Å². The van der Waals surface area contributed by atoms with Crippen molar-refractivity contribution in [2.24, 2.45) is 5.73 Å². The molecule has 1 saturated carbocycles. The van der Waals surface area contributed by atoms with Crippen LogP contribution in [0.15, 0.2) is 18.2 Å². The summed E-state index contributed by atoms with van der Waals surface area (Å²) in [6.07, 6.45) is 8.85. The van der Waals surface area contributed by atoms with E-state index in [0.29, 0.717) is 0 Å². The number of rotatable bonds is 4. The minimum absolute atomic E-state index is 0.172. The third-order valence-electron chi connectivity index (χ3n) is 5.62. The lowest BCUT2D eigenvalue weighted by atomic mass is 9.78. The zero-order valence-corrected chi connectivity index (χ0v) is 14.3. The average Bonchev–Trinajstić information content (AvgIpc) is 2.69. The lowest BCUT2D eigenvalue weighted by Crippen LogP contribution is -2.58. The summed E-state index contributed by atoms with van der Waals surface area (Å²) in [4.78, 5) is 2.41. The fraction of sp³-hybridized carbons (Fsp3) is 0.684. The molecule has 21 heavy (non-hydrogen) atoms. The number of hydrogen-bond acceptors (Lipinski definition) is 2. The maximum Gasteiger partial charge on any atom is 0.0357 e. The molecule has 1 fully saturated rings. The van der Waals surface area contributed by atoms with E-state index >= 15 is 0 Å². The van der Waals surface area contributed by atoms with Crippen molar-refractivity contribution in [1.82, 2.24) is 4.90 Å². The van der Waals surface area contributed by atoms with Gasteiger partial charge in [0, 0.05) is 11.6 Å². The van der Waals surface area contributed by atoms with Gasteiger partial charge in [-0.15, -0.1) is 0 Å². The highest BCUT2D eigenvalue weighted by Gasteiger charge is 2.39. The summed E-state index contributed by atoms with van der Waals surface area (Å²) in [6.45, 7) is 4.43. The van der Waals surface area contributed by atoms with E-state index in [1.54, 1.807) is 0 Å². The molecule has 1 aliphatic rings. The van der Waals surface area contributed by atoms with E-state index in [4.69, 9.17) is 5.73 Å². The van der Waals surface area contributed by atoms with Crippen LogP contribution in [0, 0.1) is 13.8 Å². The first kappa shape index (κ1) is 16.5. The minimum Gasteiger partial charge on any atom is -0.326 e. The molecule has 1 unspecified atom stereocenters. The first-order chi connectivity index (χ1) is 9.97. The molecular weight excluding hydrogens is 256 g/mol. The molecular formula is C19H32N2. The van der Waals surface area contributed by atoms with Gasteiger partial charge >= 0.3 is 0 Å². The Balaban J connectivity index is 2.24. The maximum atomic E-state index is 6.78. The first-order valence-electron chi connectivity index (χ1n) is 8.45. The van der Waals surface area contributed by atoms with E-state index < -0.39 is 0 Å². The normalized spacial score (nSPS) is 20.3. The highest BCUT2D eigenvalue weighted by Crippen LogP contribution is 2.35. The number of hydrogen-bond donors (Lipinski definition) is 1. The maximum absolute atomic E-state index is 6.78. The Morgan fingerprint density at radius 3 is 2.05 bits per heavy atom. The van der Waals surface area contributed by atoms with Gasteiger partial charge < -0.3 is 10.6 Å². The van der Waals surface area contributed by atoms with Crippen molar-refractivity contribution in [2.75, 3.05) is 14.1 Å². The second kappa shape index (κ2) is 6.93. The summed E-state index contributed by atoms with van der Waals surface area (Å²) in [5.41, 5.74) is 11.2. The molecule has 0 spiro atoms. The van der Waals surface area contributed by atoms with Crippen LogP contribution in [0.5, 0.6) is 0 Å². The molecule has 2 N–H and O–H groups in total. The molecule has 0 bridgehead atoms. The lowest BCUT2D eigenvalue weighted by Gasteiger charge is -2.44. The van der Waals surface area contributed by atoms with Gasteiger partial charge in [0.05, 0.1) is 0 Å². The zero-order valence-electron chi connectivity index (χ0n) is 14.3. The molecule has 1 aromatic carbocycles. The van der Waals surface area contributed by atoms with E-state index in [1.807, 2.05) is 0 Å². The third kappa shape index (κ3) is 3.49. The molecule has 118 valence electrons. The summed E-state index contributed by atoms with van der Waals surface area (Å²) >= 11 is 0. The topological polar surface area (TPSA) is 29.3 Å². The molecule has 0 aromatic heterocycles. The largest absolute Gasteiger partial charge is 0.326 e. The van der Waals surface area contributed by atoms with E-state index in [-0.39, 0.29) is 11.6 Å². The Labute approximate surface area is 130 Å². The molecule has 0 heterocycles. The third-order valence-corrected chi connectivity index (χ3v) is 5.62. The van der Waals surface area contributed by atoms with Gasteiger partial charge in [-0.05, 0) is 63.9 Å². The van der Waals surface area contributed by atoms with Crippen LogP contribution < -0.4 is 5.73 Å². The van der Waals surface area contributed by atoms with E-state index in [2.05, 4.69) is 51.0 Å². The Bertz CT molecular complexity index is 436. The van der Waals surface area contributed by atoms with Gasteiger partial charge in [-0.25, -0.2) is 0 Å². The van der Waals surface area contributed by atoms with Crippen LogP contribution in [0.3, 0.4) is 0 Å². The molecule has 0 aliphatic heterocycles. The van der Waals surface area contributed by atoms with Gasteiger partial charge in [-0.3, -0.25) is 0 Å². The number of benzene rings is 1. The van der Waals surface area contributed by atoms with Crippen molar-refractivity contribution < 1.29 is 0 Å².